The van der Waals surface area contributed by atoms with E-state index >= 15 is 0 Å². The highest BCUT2D eigenvalue weighted by Gasteiger charge is 2.17. The second kappa shape index (κ2) is 4.93. The van der Waals surface area contributed by atoms with E-state index < -0.39 is 9.28 Å². The van der Waals surface area contributed by atoms with Gasteiger partial charge < -0.3 is 14.6 Å². The summed E-state index contributed by atoms with van der Waals surface area (Å²) in [7, 11) is 1.79. The summed E-state index contributed by atoms with van der Waals surface area (Å²) in [6, 6.07) is 0. The van der Waals surface area contributed by atoms with E-state index in [-0.39, 0.29) is 5.67 Å². The average Bonchev–Trinajstić information content (AvgIpc) is 1.90. The SMILES string of the molecule is CCC(N)[SiH](OC)OC. The van der Waals surface area contributed by atoms with Gasteiger partial charge in [-0.25, -0.2) is 0 Å². The first kappa shape index (κ1) is 9.10. The molecule has 0 rings (SSSR count). The zero-order chi connectivity index (χ0) is 7.28. The summed E-state index contributed by atoms with van der Waals surface area (Å²) in [5.74, 6) is 0. The van der Waals surface area contributed by atoms with Crippen molar-refractivity contribution < 1.29 is 8.85 Å². The lowest BCUT2D eigenvalue weighted by Gasteiger charge is -2.16. The molecule has 0 saturated carbocycles. The second-order valence-corrected chi connectivity index (χ2v) is 4.45. The van der Waals surface area contributed by atoms with Gasteiger partial charge in [0.15, 0.2) is 0 Å². The summed E-state index contributed by atoms with van der Waals surface area (Å²) >= 11 is 0. The first-order valence-electron chi connectivity index (χ1n) is 3.07. The van der Waals surface area contributed by atoms with Gasteiger partial charge in [0, 0.05) is 19.9 Å². The van der Waals surface area contributed by atoms with E-state index in [0.717, 1.165) is 6.42 Å². The van der Waals surface area contributed by atoms with Crippen molar-refractivity contribution in [2.45, 2.75) is 19.0 Å². The topological polar surface area (TPSA) is 44.5 Å². The Morgan fingerprint density at radius 1 is 1.44 bits per heavy atom. The van der Waals surface area contributed by atoms with E-state index in [2.05, 4.69) is 0 Å². The van der Waals surface area contributed by atoms with Crippen molar-refractivity contribution in [2.75, 3.05) is 14.2 Å². The molecule has 2 N–H and O–H groups in total. The highest BCUT2D eigenvalue weighted by Crippen LogP contribution is 1.94. The number of rotatable bonds is 4. The molecule has 0 radical (unpaired) electrons. The molecule has 0 aromatic carbocycles. The van der Waals surface area contributed by atoms with Crippen LogP contribution in [0.5, 0.6) is 0 Å². The molecule has 1 atom stereocenters. The molecule has 0 bridgehead atoms. The largest absolute Gasteiger partial charge is 0.399 e. The van der Waals surface area contributed by atoms with E-state index in [1.165, 1.54) is 0 Å². The van der Waals surface area contributed by atoms with Gasteiger partial charge in [-0.15, -0.1) is 0 Å². The molecular weight excluding hydrogens is 134 g/mol. The zero-order valence-corrected chi connectivity index (χ0v) is 7.41. The molecule has 0 aromatic rings. The maximum Gasteiger partial charge on any atom is 0.338 e. The van der Waals surface area contributed by atoms with Gasteiger partial charge in [0.25, 0.3) is 0 Å². The summed E-state index contributed by atoms with van der Waals surface area (Å²) < 4.78 is 10.1. The third-order valence-corrected chi connectivity index (χ3v) is 3.39. The van der Waals surface area contributed by atoms with Gasteiger partial charge in [0.05, 0.1) is 0 Å². The number of hydrogen-bond acceptors (Lipinski definition) is 3. The molecule has 0 amide bonds. The maximum absolute atomic E-state index is 5.65. The van der Waals surface area contributed by atoms with Gasteiger partial charge in [-0.1, -0.05) is 6.92 Å². The van der Waals surface area contributed by atoms with Gasteiger partial charge >= 0.3 is 9.28 Å². The number of hydrogen-bond donors (Lipinski definition) is 1. The standard InChI is InChI=1S/C5H15NO2Si/c1-4-5(6)9(7-2)8-3/h5,9H,4,6H2,1-3H3. The van der Waals surface area contributed by atoms with Crippen molar-refractivity contribution in [3.05, 3.63) is 0 Å². The molecular formula is C5H15NO2Si. The third-order valence-electron chi connectivity index (χ3n) is 1.29. The van der Waals surface area contributed by atoms with Crippen LogP contribution in [0, 0.1) is 0 Å². The maximum atomic E-state index is 5.65. The molecule has 0 fully saturated rings. The lowest BCUT2D eigenvalue weighted by molar-refractivity contribution is 0.265. The van der Waals surface area contributed by atoms with Crippen LogP contribution in [-0.2, 0) is 8.85 Å². The van der Waals surface area contributed by atoms with Gasteiger partial charge in [-0.3, -0.25) is 0 Å². The van der Waals surface area contributed by atoms with Gasteiger partial charge in [0.1, 0.15) is 0 Å². The summed E-state index contributed by atoms with van der Waals surface area (Å²) in [6.07, 6.45) is 0.929. The van der Waals surface area contributed by atoms with Crippen LogP contribution in [0.15, 0.2) is 0 Å². The molecule has 0 aliphatic heterocycles. The minimum absolute atomic E-state index is 0.125. The zero-order valence-electron chi connectivity index (χ0n) is 6.26. The van der Waals surface area contributed by atoms with Crippen molar-refractivity contribution in [1.82, 2.24) is 0 Å². The molecule has 56 valence electrons. The van der Waals surface area contributed by atoms with Crippen molar-refractivity contribution >= 4 is 9.28 Å². The molecule has 9 heavy (non-hydrogen) atoms. The van der Waals surface area contributed by atoms with Crippen LogP contribution < -0.4 is 5.73 Å². The summed E-state index contributed by atoms with van der Waals surface area (Å²) in [5.41, 5.74) is 5.77. The lowest BCUT2D eigenvalue weighted by atomic mass is 10.5. The minimum Gasteiger partial charge on any atom is -0.399 e. The first-order valence-corrected chi connectivity index (χ1v) is 4.68. The molecule has 0 saturated heterocycles. The van der Waals surface area contributed by atoms with Crippen LogP contribution in [0.1, 0.15) is 13.3 Å². The van der Waals surface area contributed by atoms with Gasteiger partial charge in [-0.05, 0) is 6.42 Å². The second-order valence-electron chi connectivity index (χ2n) is 1.91. The average molecular weight is 149 g/mol. The Bertz CT molecular complexity index is 68.0. The van der Waals surface area contributed by atoms with Gasteiger partial charge in [0.2, 0.25) is 0 Å². The van der Waals surface area contributed by atoms with Crippen LogP contribution in [0.2, 0.25) is 0 Å². The molecule has 4 heteroatoms. The fourth-order valence-corrected chi connectivity index (χ4v) is 1.91. The molecule has 0 heterocycles. The fourth-order valence-electron chi connectivity index (χ4n) is 0.638. The molecule has 3 nitrogen and oxygen atoms in total. The first-order chi connectivity index (χ1) is 4.26. The highest BCUT2D eigenvalue weighted by molar-refractivity contribution is 6.46. The van der Waals surface area contributed by atoms with Crippen molar-refractivity contribution in [3.63, 3.8) is 0 Å². The Labute approximate surface area is 58.0 Å². The highest BCUT2D eigenvalue weighted by atomic mass is 28.3. The summed E-state index contributed by atoms with van der Waals surface area (Å²) in [5, 5.41) is 0. The minimum atomic E-state index is -1.51. The number of nitrogens with two attached hydrogens (primary N) is 1. The normalized spacial score (nSPS) is 14.3. The monoisotopic (exact) mass is 149 g/mol. The van der Waals surface area contributed by atoms with E-state index in [4.69, 9.17) is 14.6 Å². The Morgan fingerprint density at radius 3 is 2.00 bits per heavy atom. The molecule has 0 aliphatic rings. The molecule has 0 aromatic heterocycles. The summed E-state index contributed by atoms with van der Waals surface area (Å²) in [4.78, 5) is 0. The van der Waals surface area contributed by atoms with Crippen LogP contribution in [-0.4, -0.2) is 29.2 Å². The van der Waals surface area contributed by atoms with Crippen LogP contribution >= 0.6 is 0 Å². The Hall–Kier alpha value is 0.0969. The lowest BCUT2D eigenvalue weighted by Crippen LogP contribution is -2.41. The van der Waals surface area contributed by atoms with Crippen LogP contribution in [0.3, 0.4) is 0 Å². The third kappa shape index (κ3) is 2.95. The molecule has 0 aliphatic carbocycles. The van der Waals surface area contributed by atoms with Crippen LogP contribution in [0.4, 0.5) is 0 Å². The van der Waals surface area contributed by atoms with Crippen LogP contribution in [0.25, 0.3) is 0 Å². The quantitative estimate of drug-likeness (QED) is 0.562. The van der Waals surface area contributed by atoms with E-state index in [9.17, 15) is 0 Å². The Morgan fingerprint density at radius 2 is 1.89 bits per heavy atom. The van der Waals surface area contributed by atoms with Gasteiger partial charge in [-0.2, -0.15) is 0 Å². The van der Waals surface area contributed by atoms with Crippen molar-refractivity contribution in [2.24, 2.45) is 5.73 Å². The van der Waals surface area contributed by atoms with E-state index in [1.54, 1.807) is 14.2 Å². The predicted octanol–water partition coefficient (Wildman–Crippen LogP) is -0.224. The molecule has 0 spiro atoms. The van der Waals surface area contributed by atoms with Crippen molar-refractivity contribution in [1.29, 1.82) is 0 Å². The van der Waals surface area contributed by atoms with Crippen molar-refractivity contribution in [3.8, 4) is 0 Å². The summed E-state index contributed by atoms with van der Waals surface area (Å²) in [6.45, 7) is 2.03. The Kier molecular flexibility index (Phi) is 4.98. The van der Waals surface area contributed by atoms with E-state index in [0.29, 0.717) is 0 Å². The predicted molar refractivity (Wildman–Crippen MR) is 39.4 cm³/mol. The van der Waals surface area contributed by atoms with E-state index in [1.807, 2.05) is 6.92 Å². The smallest absolute Gasteiger partial charge is 0.338 e. The molecule has 1 unspecified atom stereocenters. The fraction of sp³-hybridized carbons (Fsp3) is 1.00. The Balaban J connectivity index is 3.50.